The van der Waals surface area contributed by atoms with Crippen LogP contribution in [0.3, 0.4) is 0 Å². The van der Waals surface area contributed by atoms with Gasteiger partial charge in [-0.05, 0) is 32.3 Å². The first kappa shape index (κ1) is 11.2. The molecule has 1 aliphatic carbocycles. The molecule has 0 aliphatic heterocycles. The van der Waals surface area contributed by atoms with E-state index in [2.05, 4.69) is 17.2 Å². The van der Waals surface area contributed by atoms with Crippen molar-refractivity contribution < 1.29 is 4.74 Å². The highest BCUT2D eigenvalue weighted by molar-refractivity contribution is 5.37. The lowest BCUT2D eigenvalue weighted by Crippen LogP contribution is -2.16. The first-order chi connectivity index (χ1) is 7.78. The van der Waals surface area contributed by atoms with Gasteiger partial charge in [0.25, 0.3) is 0 Å². The average Bonchev–Trinajstić information content (AvgIpc) is 3.02. The van der Waals surface area contributed by atoms with Gasteiger partial charge in [0.1, 0.15) is 5.82 Å². The zero-order valence-corrected chi connectivity index (χ0v) is 10.1. The third-order valence-corrected chi connectivity index (χ3v) is 2.79. The Balaban J connectivity index is 1.88. The second-order valence-electron chi connectivity index (χ2n) is 4.52. The van der Waals surface area contributed by atoms with Gasteiger partial charge in [0.05, 0.1) is 6.61 Å². The maximum Gasteiger partial charge on any atom is 0.215 e. The number of rotatable bonds is 6. The molecule has 1 aromatic rings. The highest BCUT2D eigenvalue weighted by Gasteiger charge is 2.23. The number of hydrogen-bond donors (Lipinski definition) is 1. The van der Waals surface area contributed by atoms with E-state index < -0.39 is 0 Å². The van der Waals surface area contributed by atoms with Crippen molar-refractivity contribution in [1.82, 2.24) is 4.98 Å². The zero-order valence-electron chi connectivity index (χ0n) is 10.1. The highest BCUT2D eigenvalue weighted by atomic mass is 16.5. The molecule has 0 aromatic carbocycles. The summed E-state index contributed by atoms with van der Waals surface area (Å²) in [5, 5.41) is 3.42. The van der Waals surface area contributed by atoms with Gasteiger partial charge in [0.2, 0.25) is 5.88 Å². The molecule has 1 aliphatic rings. The third-order valence-electron chi connectivity index (χ3n) is 2.79. The molecule has 1 N–H and O–H groups in total. The summed E-state index contributed by atoms with van der Waals surface area (Å²) in [7, 11) is 0. The molecule has 1 saturated carbocycles. The lowest BCUT2D eigenvalue weighted by Gasteiger charge is -2.14. The van der Waals surface area contributed by atoms with E-state index in [9.17, 15) is 0 Å². The van der Waals surface area contributed by atoms with Crippen molar-refractivity contribution in [1.29, 1.82) is 0 Å². The normalized spacial score (nSPS) is 16.9. The van der Waals surface area contributed by atoms with Crippen LogP contribution in [0.4, 0.5) is 5.82 Å². The van der Waals surface area contributed by atoms with Gasteiger partial charge in [0, 0.05) is 12.1 Å². The number of pyridine rings is 1. The molecular weight excluding hydrogens is 200 g/mol. The molecule has 16 heavy (non-hydrogen) atoms. The quantitative estimate of drug-likeness (QED) is 0.800. The molecule has 88 valence electrons. The Hall–Kier alpha value is -1.25. The Morgan fingerprint density at radius 1 is 1.50 bits per heavy atom. The predicted molar refractivity (Wildman–Crippen MR) is 65.8 cm³/mol. The van der Waals surface area contributed by atoms with Gasteiger partial charge in [-0.2, -0.15) is 4.98 Å². The topological polar surface area (TPSA) is 34.1 Å². The maximum absolute atomic E-state index is 5.37. The molecule has 0 amide bonds. The summed E-state index contributed by atoms with van der Waals surface area (Å²) >= 11 is 0. The zero-order chi connectivity index (χ0) is 11.4. The number of anilines is 1. The van der Waals surface area contributed by atoms with E-state index >= 15 is 0 Å². The van der Waals surface area contributed by atoms with Crippen molar-refractivity contribution in [2.24, 2.45) is 5.92 Å². The van der Waals surface area contributed by atoms with Crippen molar-refractivity contribution in [2.75, 3.05) is 11.9 Å². The van der Waals surface area contributed by atoms with Gasteiger partial charge < -0.3 is 10.1 Å². The smallest absolute Gasteiger partial charge is 0.215 e. The summed E-state index contributed by atoms with van der Waals surface area (Å²) in [4.78, 5) is 4.40. The van der Waals surface area contributed by atoms with Crippen LogP contribution in [-0.2, 0) is 0 Å². The molecule has 2 rings (SSSR count). The molecule has 1 aromatic heterocycles. The van der Waals surface area contributed by atoms with Crippen molar-refractivity contribution in [3.05, 3.63) is 18.2 Å². The molecule has 1 unspecified atom stereocenters. The summed E-state index contributed by atoms with van der Waals surface area (Å²) < 4.78 is 5.37. The fourth-order valence-corrected chi connectivity index (χ4v) is 1.89. The first-order valence-electron chi connectivity index (χ1n) is 6.14. The lowest BCUT2D eigenvalue weighted by atomic mass is 10.1. The molecule has 3 heteroatoms. The number of hydrogen-bond acceptors (Lipinski definition) is 3. The molecule has 3 nitrogen and oxygen atoms in total. The van der Waals surface area contributed by atoms with E-state index in [0.29, 0.717) is 18.5 Å². The maximum atomic E-state index is 5.37. The van der Waals surface area contributed by atoms with Crippen LogP contribution >= 0.6 is 0 Å². The van der Waals surface area contributed by atoms with E-state index in [-0.39, 0.29) is 0 Å². The summed E-state index contributed by atoms with van der Waals surface area (Å²) in [6.45, 7) is 4.85. The van der Waals surface area contributed by atoms with E-state index in [1.807, 2.05) is 25.1 Å². The SMILES string of the molecule is CCOc1cccc(NC(C)CC2CC2)n1. The van der Waals surface area contributed by atoms with Gasteiger partial charge >= 0.3 is 0 Å². The molecular formula is C13H20N2O. The average molecular weight is 220 g/mol. The number of nitrogens with one attached hydrogen (secondary N) is 1. The van der Waals surface area contributed by atoms with Crippen molar-refractivity contribution in [3.8, 4) is 5.88 Å². The van der Waals surface area contributed by atoms with Crippen molar-refractivity contribution >= 4 is 5.82 Å². The van der Waals surface area contributed by atoms with Crippen LogP contribution in [0.25, 0.3) is 0 Å². The molecule has 1 atom stereocenters. The summed E-state index contributed by atoms with van der Waals surface area (Å²) in [5.74, 6) is 2.56. The Morgan fingerprint density at radius 3 is 3.00 bits per heavy atom. The van der Waals surface area contributed by atoms with E-state index in [0.717, 1.165) is 11.7 Å². The second kappa shape index (κ2) is 5.19. The van der Waals surface area contributed by atoms with Gasteiger partial charge in [-0.15, -0.1) is 0 Å². The molecule has 1 heterocycles. The van der Waals surface area contributed by atoms with E-state index in [1.165, 1.54) is 19.3 Å². The van der Waals surface area contributed by atoms with Gasteiger partial charge in [-0.1, -0.05) is 18.9 Å². The number of aromatic nitrogens is 1. The van der Waals surface area contributed by atoms with Crippen LogP contribution in [0.1, 0.15) is 33.1 Å². The first-order valence-corrected chi connectivity index (χ1v) is 6.14. The molecule has 0 bridgehead atoms. The fraction of sp³-hybridized carbons (Fsp3) is 0.615. The van der Waals surface area contributed by atoms with Crippen molar-refractivity contribution in [3.63, 3.8) is 0 Å². The van der Waals surface area contributed by atoms with E-state index in [1.54, 1.807) is 0 Å². The molecule has 0 radical (unpaired) electrons. The number of nitrogens with zero attached hydrogens (tertiary/aromatic N) is 1. The highest BCUT2D eigenvalue weighted by Crippen LogP contribution is 2.34. The Kier molecular flexibility index (Phi) is 3.65. The standard InChI is InChI=1S/C13H20N2O/c1-3-16-13-6-4-5-12(15-13)14-10(2)9-11-7-8-11/h4-6,10-11H,3,7-9H2,1-2H3,(H,14,15). The van der Waals surface area contributed by atoms with Crippen LogP contribution in [0.15, 0.2) is 18.2 Å². The monoisotopic (exact) mass is 220 g/mol. The Morgan fingerprint density at radius 2 is 2.31 bits per heavy atom. The van der Waals surface area contributed by atoms with Crippen LogP contribution in [-0.4, -0.2) is 17.6 Å². The van der Waals surface area contributed by atoms with Crippen LogP contribution < -0.4 is 10.1 Å². The largest absolute Gasteiger partial charge is 0.478 e. The molecule has 1 fully saturated rings. The third kappa shape index (κ3) is 3.40. The predicted octanol–water partition coefficient (Wildman–Crippen LogP) is 3.08. The second-order valence-corrected chi connectivity index (χ2v) is 4.52. The Labute approximate surface area is 97.2 Å². The molecule has 0 spiro atoms. The van der Waals surface area contributed by atoms with Crippen LogP contribution in [0.5, 0.6) is 5.88 Å². The minimum atomic E-state index is 0.497. The minimum absolute atomic E-state index is 0.497. The summed E-state index contributed by atoms with van der Waals surface area (Å²) in [5.41, 5.74) is 0. The summed E-state index contributed by atoms with van der Waals surface area (Å²) in [6.07, 6.45) is 4.05. The van der Waals surface area contributed by atoms with Gasteiger partial charge in [-0.25, -0.2) is 0 Å². The number of ether oxygens (including phenoxy) is 1. The minimum Gasteiger partial charge on any atom is -0.478 e. The van der Waals surface area contributed by atoms with Crippen LogP contribution in [0, 0.1) is 5.92 Å². The fourth-order valence-electron chi connectivity index (χ4n) is 1.89. The lowest BCUT2D eigenvalue weighted by molar-refractivity contribution is 0.327. The van der Waals surface area contributed by atoms with Gasteiger partial charge in [0.15, 0.2) is 0 Å². The van der Waals surface area contributed by atoms with E-state index in [4.69, 9.17) is 4.74 Å². The van der Waals surface area contributed by atoms with Crippen LogP contribution in [0.2, 0.25) is 0 Å². The van der Waals surface area contributed by atoms with Gasteiger partial charge in [-0.3, -0.25) is 0 Å². The molecule has 0 saturated heterocycles. The summed E-state index contributed by atoms with van der Waals surface area (Å²) in [6, 6.07) is 6.35. The van der Waals surface area contributed by atoms with Crippen molar-refractivity contribution in [2.45, 2.75) is 39.2 Å². The Bertz CT molecular complexity index is 336.